The van der Waals surface area contributed by atoms with Crippen molar-refractivity contribution in [1.29, 1.82) is 0 Å². The SMILES string of the molecule is CC(CCS)CCOc1cc(F)cc(F)c1. The minimum absolute atomic E-state index is 0.246. The molecule has 0 N–H and O–H groups in total. The van der Waals surface area contributed by atoms with Crippen LogP contribution in [0.3, 0.4) is 0 Å². The number of ether oxygens (including phenoxy) is 1. The molecule has 90 valence electrons. The number of thiol groups is 1. The first kappa shape index (κ1) is 13.3. The summed E-state index contributed by atoms with van der Waals surface area (Å²) >= 11 is 4.14. The van der Waals surface area contributed by atoms with Crippen molar-refractivity contribution in [1.82, 2.24) is 0 Å². The summed E-state index contributed by atoms with van der Waals surface area (Å²) in [6.45, 7) is 2.57. The predicted octanol–water partition coefficient (Wildman–Crippen LogP) is 3.69. The van der Waals surface area contributed by atoms with Crippen LogP contribution < -0.4 is 4.74 Å². The van der Waals surface area contributed by atoms with Crippen LogP contribution in [-0.2, 0) is 0 Å². The summed E-state index contributed by atoms with van der Waals surface area (Å²) in [6.07, 6.45) is 1.88. The molecule has 1 aromatic carbocycles. The van der Waals surface area contributed by atoms with Crippen LogP contribution in [0, 0.1) is 17.6 Å². The monoisotopic (exact) mass is 246 g/mol. The molecular weight excluding hydrogens is 230 g/mol. The molecule has 0 fully saturated rings. The zero-order valence-electron chi connectivity index (χ0n) is 9.25. The van der Waals surface area contributed by atoms with Crippen LogP contribution in [0.15, 0.2) is 18.2 Å². The quantitative estimate of drug-likeness (QED) is 0.753. The third-order valence-electron chi connectivity index (χ3n) is 2.34. The van der Waals surface area contributed by atoms with Crippen LogP contribution in [0.5, 0.6) is 5.75 Å². The van der Waals surface area contributed by atoms with Crippen molar-refractivity contribution in [3.63, 3.8) is 0 Å². The molecule has 0 heterocycles. The molecule has 0 aromatic heterocycles. The molecule has 0 saturated carbocycles. The molecule has 0 aliphatic carbocycles. The summed E-state index contributed by atoms with van der Waals surface area (Å²) in [6, 6.07) is 3.20. The Morgan fingerprint density at radius 1 is 1.19 bits per heavy atom. The van der Waals surface area contributed by atoms with Gasteiger partial charge in [-0.1, -0.05) is 6.92 Å². The maximum atomic E-state index is 12.8. The van der Waals surface area contributed by atoms with E-state index in [2.05, 4.69) is 19.6 Å². The van der Waals surface area contributed by atoms with E-state index in [4.69, 9.17) is 4.74 Å². The standard InChI is InChI=1S/C12H16F2OS/c1-9(3-5-16)2-4-15-12-7-10(13)6-11(14)8-12/h6-9,16H,2-5H2,1H3. The summed E-state index contributed by atoms with van der Waals surface area (Å²) in [5.74, 6) is 0.374. The normalized spacial score (nSPS) is 12.5. The zero-order valence-corrected chi connectivity index (χ0v) is 10.1. The van der Waals surface area contributed by atoms with E-state index in [-0.39, 0.29) is 5.75 Å². The summed E-state index contributed by atoms with van der Waals surface area (Å²) in [4.78, 5) is 0. The lowest BCUT2D eigenvalue weighted by Crippen LogP contribution is -2.05. The Balaban J connectivity index is 2.37. The molecule has 0 saturated heterocycles. The molecule has 0 amide bonds. The fourth-order valence-electron chi connectivity index (χ4n) is 1.35. The number of halogens is 2. The lowest BCUT2D eigenvalue weighted by atomic mass is 10.1. The van der Waals surface area contributed by atoms with Gasteiger partial charge in [-0.2, -0.15) is 12.6 Å². The Hall–Kier alpha value is -0.770. The number of rotatable bonds is 6. The number of benzene rings is 1. The Morgan fingerprint density at radius 2 is 1.81 bits per heavy atom. The van der Waals surface area contributed by atoms with Crippen LogP contribution in [0.2, 0.25) is 0 Å². The van der Waals surface area contributed by atoms with Crippen molar-refractivity contribution < 1.29 is 13.5 Å². The smallest absolute Gasteiger partial charge is 0.129 e. The van der Waals surface area contributed by atoms with Crippen molar-refractivity contribution in [2.24, 2.45) is 5.92 Å². The first-order valence-electron chi connectivity index (χ1n) is 5.31. The first-order chi connectivity index (χ1) is 7.61. The highest BCUT2D eigenvalue weighted by Crippen LogP contribution is 2.16. The molecule has 0 aliphatic rings. The highest BCUT2D eigenvalue weighted by molar-refractivity contribution is 7.80. The Bertz CT molecular complexity index is 311. The fraction of sp³-hybridized carbons (Fsp3) is 0.500. The molecule has 1 unspecified atom stereocenters. The van der Waals surface area contributed by atoms with E-state index in [9.17, 15) is 8.78 Å². The third-order valence-corrected chi connectivity index (χ3v) is 2.60. The number of hydrogen-bond acceptors (Lipinski definition) is 2. The summed E-state index contributed by atoms with van der Waals surface area (Å²) < 4.78 is 30.9. The molecular formula is C12H16F2OS. The predicted molar refractivity (Wildman–Crippen MR) is 64.1 cm³/mol. The molecule has 0 spiro atoms. The van der Waals surface area contributed by atoms with Gasteiger partial charge >= 0.3 is 0 Å². The van der Waals surface area contributed by atoms with E-state index in [1.807, 2.05) is 0 Å². The van der Waals surface area contributed by atoms with Gasteiger partial charge in [-0.25, -0.2) is 8.78 Å². The van der Waals surface area contributed by atoms with Gasteiger partial charge in [0.1, 0.15) is 17.4 Å². The highest BCUT2D eigenvalue weighted by Gasteiger charge is 2.04. The van der Waals surface area contributed by atoms with Gasteiger partial charge in [0, 0.05) is 18.2 Å². The maximum absolute atomic E-state index is 12.8. The minimum atomic E-state index is -0.613. The average Bonchev–Trinajstić information content (AvgIpc) is 2.16. The maximum Gasteiger partial charge on any atom is 0.129 e. The third kappa shape index (κ3) is 4.84. The van der Waals surface area contributed by atoms with E-state index < -0.39 is 11.6 Å². The van der Waals surface area contributed by atoms with Crippen molar-refractivity contribution in [2.45, 2.75) is 19.8 Å². The van der Waals surface area contributed by atoms with E-state index in [1.54, 1.807) is 0 Å². The van der Waals surface area contributed by atoms with Crippen molar-refractivity contribution >= 4 is 12.6 Å². The van der Waals surface area contributed by atoms with E-state index >= 15 is 0 Å². The molecule has 0 bridgehead atoms. The molecule has 1 nitrogen and oxygen atoms in total. The minimum Gasteiger partial charge on any atom is -0.493 e. The van der Waals surface area contributed by atoms with E-state index in [0.29, 0.717) is 12.5 Å². The molecule has 1 rings (SSSR count). The second kappa shape index (κ2) is 6.74. The summed E-state index contributed by atoms with van der Waals surface area (Å²) in [5.41, 5.74) is 0. The van der Waals surface area contributed by atoms with Crippen LogP contribution in [0.25, 0.3) is 0 Å². The van der Waals surface area contributed by atoms with Crippen molar-refractivity contribution in [2.75, 3.05) is 12.4 Å². The Kier molecular flexibility index (Phi) is 5.60. The van der Waals surface area contributed by atoms with Crippen LogP contribution in [0.4, 0.5) is 8.78 Å². The Labute approximate surface area is 100 Å². The summed E-state index contributed by atoms with van der Waals surface area (Å²) in [5, 5.41) is 0. The molecule has 16 heavy (non-hydrogen) atoms. The van der Waals surface area contributed by atoms with Gasteiger partial charge in [0.2, 0.25) is 0 Å². The van der Waals surface area contributed by atoms with Gasteiger partial charge in [-0.05, 0) is 24.5 Å². The van der Waals surface area contributed by atoms with Crippen molar-refractivity contribution in [3.05, 3.63) is 29.8 Å². The topological polar surface area (TPSA) is 9.23 Å². The van der Waals surface area contributed by atoms with E-state index in [0.717, 1.165) is 24.7 Å². The van der Waals surface area contributed by atoms with Gasteiger partial charge in [-0.15, -0.1) is 0 Å². The Morgan fingerprint density at radius 3 is 2.38 bits per heavy atom. The van der Waals surface area contributed by atoms with Crippen LogP contribution in [-0.4, -0.2) is 12.4 Å². The van der Waals surface area contributed by atoms with E-state index in [1.165, 1.54) is 12.1 Å². The van der Waals surface area contributed by atoms with Gasteiger partial charge in [0.05, 0.1) is 6.61 Å². The van der Waals surface area contributed by atoms with Crippen molar-refractivity contribution in [3.8, 4) is 5.75 Å². The molecule has 0 aliphatic heterocycles. The molecule has 1 aromatic rings. The van der Waals surface area contributed by atoms with Gasteiger partial charge in [0.25, 0.3) is 0 Å². The van der Waals surface area contributed by atoms with Gasteiger partial charge < -0.3 is 4.74 Å². The molecule has 0 radical (unpaired) electrons. The average molecular weight is 246 g/mol. The second-order valence-corrected chi connectivity index (χ2v) is 4.31. The van der Waals surface area contributed by atoms with Crippen LogP contribution >= 0.6 is 12.6 Å². The first-order valence-corrected chi connectivity index (χ1v) is 5.95. The molecule has 1 atom stereocenters. The van der Waals surface area contributed by atoms with Gasteiger partial charge in [0.15, 0.2) is 0 Å². The summed E-state index contributed by atoms with van der Waals surface area (Å²) in [7, 11) is 0. The lowest BCUT2D eigenvalue weighted by Gasteiger charge is -2.11. The van der Waals surface area contributed by atoms with Crippen LogP contribution in [0.1, 0.15) is 19.8 Å². The second-order valence-electron chi connectivity index (χ2n) is 3.86. The van der Waals surface area contributed by atoms with Gasteiger partial charge in [-0.3, -0.25) is 0 Å². The number of hydrogen-bond donors (Lipinski definition) is 1. The zero-order chi connectivity index (χ0) is 12.0. The largest absolute Gasteiger partial charge is 0.493 e. The fourth-order valence-corrected chi connectivity index (χ4v) is 1.80. The highest BCUT2D eigenvalue weighted by atomic mass is 32.1. The lowest BCUT2D eigenvalue weighted by molar-refractivity contribution is 0.280. The molecule has 4 heteroatoms.